The summed E-state index contributed by atoms with van der Waals surface area (Å²) in [5.74, 6) is 0. The van der Waals surface area contributed by atoms with Crippen molar-refractivity contribution in [3.63, 3.8) is 0 Å². The molecule has 2 aromatic carbocycles. The van der Waals surface area contributed by atoms with Crippen LogP contribution in [-0.2, 0) is 10.0 Å². The second-order valence-electron chi connectivity index (χ2n) is 5.17. The van der Waals surface area contributed by atoms with Crippen LogP contribution in [-0.4, -0.2) is 25.7 Å². The summed E-state index contributed by atoms with van der Waals surface area (Å²) in [7, 11) is -3.38. The number of nitrogens with zero attached hydrogens (tertiary/aromatic N) is 1. The lowest BCUT2D eigenvalue weighted by atomic mass is 10.3. The number of nitrogens with one attached hydrogen (secondary N) is 3. The highest BCUT2D eigenvalue weighted by molar-refractivity contribution is 9.10. The number of urea groups is 1. The van der Waals surface area contributed by atoms with Crippen LogP contribution in [0.1, 0.15) is 0 Å². The van der Waals surface area contributed by atoms with Crippen molar-refractivity contribution in [2.75, 3.05) is 21.6 Å². The van der Waals surface area contributed by atoms with E-state index < -0.39 is 10.0 Å². The van der Waals surface area contributed by atoms with E-state index in [1.807, 2.05) is 12.1 Å². The zero-order valence-electron chi connectivity index (χ0n) is 12.9. The first-order valence-electron chi connectivity index (χ1n) is 7.00. The average molecular weight is 441 g/mol. The SMILES string of the molecule is CS(=O)(=O)Nc1nc2ccc(NC(=O)Nc3cccc(Br)c3)cc2s1. The third-order valence-corrected chi connectivity index (χ3v) is 5.12. The number of aromatic nitrogens is 1. The van der Waals surface area contributed by atoms with Crippen LogP contribution < -0.4 is 15.4 Å². The van der Waals surface area contributed by atoms with Gasteiger partial charge in [0, 0.05) is 15.8 Å². The molecular weight excluding hydrogens is 428 g/mol. The Bertz CT molecular complexity index is 1050. The molecule has 0 atom stereocenters. The molecule has 0 spiro atoms. The Labute approximate surface area is 156 Å². The zero-order chi connectivity index (χ0) is 18.0. The van der Waals surface area contributed by atoms with E-state index in [1.54, 1.807) is 30.3 Å². The molecule has 0 radical (unpaired) electrons. The molecule has 0 saturated heterocycles. The van der Waals surface area contributed by atoms with Crippen molar-refractivity contribution in [3.05, 3.63) is 46.9 Å². The zero-order valence-corrected chi connectivity index (χ0v) is 16.1. The lowest BCUT2D eigenvalue weighted by molar-refractivity contribution is 0.262. The van der Waals surface area contributed by atoms with Crippen LogP contribution in [0.2, 0.25) is 0 Å². The van der Waals surface area contributed by atoms with Gasteiger partial charge in [0.25, 0.3) is 0 Å². The average Bonchev–Trinajstić information content (AvgIpc) is 2.86. The van der Waals surface area contributed by atoms with Gasteiger partial charge in [-0.15, -0.1) is 0 Å². The molecule has 0 bridgehead atoms. The summed E-state index contributed by atoms with van der Waals surface area (Å²) in [6.07, 6.45) is 1.07. The third-order valence-electron chi connectivity index (χ3n) is 3.00. The van der Waals surface area contributed by atoms with Gasteiger partial charge in [0.15, 0.2) is 5.13 Å². The fourth-order valence-electron chi connectivity index (χ4n) is 2.06. The minimum atomic E-state index is -3.38. The van der Waals surface area contributed by atoms with Crippen LogP contribution in [0.25, 0.3) is 10.2 Å². The molecule has 0 aliphatic heterocycles. The first-order valence-corrected chi connectivity index (χ1v) is 10.5. The van der Waals surface area contributed by atoms with Crippen LogP contribution in [0, 0.1) is 0 Å². The van der Waals surface area contributed by atoms with E-state index in [0.717, 1.165) is 15.4 Å². The highest BCUT2D eigenvalue weighted by Gasteiger charge is 2.10. The number of rotatable bonds is 4. The molecule has 0 unspecified atom stereocenters. The standard InChI is InChI=1S/C15H13BrN4O3S2/c1-25(22,23)20-15-19-12-6-5-11(8-13(12)24-15)18-14(21)17-10-4-2-3-9(16)7-10/h2-8H,1H3,(H,19,20)(H2,17,18,21). The molecule has 0 aliphatic rings. The number of fused-ring (bicyclic) bond motifs is 1. The Morgan fingerprint density at radius 2 is 1.84 bits per heavy atom. The molecule has 3 rings (SSSR count). The minimum absolute atomic E-state index is 0.285. The lowest BCUT2D eigenvalue weighted by Gasteiger charge is -2.07. The fourth-order valence-corrected chi connectivity index (χ4v) is 4.20. The molecule has 1 aromatic heterocycles. The Hall–Kier alpha value is -2.17. The molecule has 25 heavy (non-hydrogen) atoms. The van der Waals surface area contributed by atoms with E-state index in [-0.39, 0.29) is 11.2 Å². The predicted molar refractivity (Wildman–Crippen MR) is 105 cm³/mol. The fraction of sp³-hybridized carbons (Fsp3) is 0.0667. The number of benzene rings is 2. The van der Waals surface area contributed by atoms with Crippen molar-refractivity contribution >= 4 is 70.0 Å². The second-order valence-corrected chi connectivity index (χ2v) is 8.86. The first kappa shape index (κ1) is 17.6. The van der Waals surface area contributed by atoms with Crippen LogP contribution in [0.15, 0.2) is 46.9 Å². The van der Waals surface area contributed by atoms with Gasteiger partial charge in [0.1, 0.15) is 0 Å². The summed E-state index contributed by atoms with van der Waals surface area (Å²) >= 11 is 4.54. The van der Waals surface area contributed by atoms with E-state index in [2.05, 4.69) is 36.3 Å². The molecule has 10 heteroatoms. The van der Waals surface area contributed by atoms with Gasteiger partial charge in [-0.05, 0) is 36.4 Å². The predicted octanol–water partition coefficient (Wildman–Crippen LogP) is 4.07. The molecule has 0 fully saturated rings. The Kier molecular flexibility index (Phi) is 4.93. The van der Waals surface area contributed by atoms with Gasteiger partial charge in [0.2, 0.25) is 10.0 Å². The molecule has 7 nitrogen and oxygen atoms in total. The summed E-state index contributed by atoms with van der Waals surface area (Å²) in [5.41, 5.74) is 1.88. The third kappa shape index (κ3) is 4.91. The molecule has 0 saturated carbocycles. The number of carbonyl (C=O) groups excluding carboxylic acids is 1. The van der Waals surface area contributed by atoms with Gasteiger partial charge in [-0.2, -0.15) is 0 Å². The van der Waals surface area contributed by atoms with Crippen LogP contribution in [0.5, 0.6) is 0 Å². The maximum atomic E-state index is 12.1. The first-order chi connectivity index (χ1) is 11.8. The summed E-state index contributed by atoms with van der Waals surface area (Å²) in [4.78, 5) is 16.3. The van der Waals surface area contributed by atoms with Crippen LogP contribution in [0.4, 0.5) is 21.3 Å². The highest BCUT2D eigenvalue weighted by atomic mass is 79.9. The number of thiazole rings is 1. The summed E-state index contributed by atoms with van der Waals surface area (Å²) in [6, 6.07) is 12.0. The molecule has 3 N–H and O–H groups in total. The van der Waals surface area contributed by atoms with Gasteiger partial charge in [0.05, 0.1) is 16.5 Å². The number of carbonyl (C=O) groups is 1. The molecule has 1 heterocycles. The van der Waals surface area contributed by atoms with Gasteiger partial charge < -0.3 is 10.6 Å². The Balaban J connectivity index is 1.74. The molecule has 0 aliphatic carbocycles. The van der Waals surface area contributed by atoms with Crippen LogP contribution in [0.3, 0.4) is 0 Å². The number of anilines is 3. The van der Waals surface area contributed by atoms with Crippen molar-refractivity contribution in [1.29, 1.82) is 0 Å². The van der Waals surface area contributed by atoms with Crippen molar-refractivity contribution in [2.24, 2.45) is 0 Å². The highest BCUT2D eigenvalue weighted by Crippen LogP contribution is 2.29. The lowest BCUT2D eigenvalue weighted by Crippen LogP contribution is -2.19. The molecular formula is C15H13BrN4O3S2. The normalized spacial score (nSPS) is 11.3. The summed E-state index contributed by atoms with van der Waals surface area (Å²) < 4.78 is 26.5. The van der Waals surface area contributed by atoms with Crippen molar-refractivity contribution in [3.8, 4) is 0 Å². The summed E-state index contributed by atoms with van der Waals surface area (Å²) in [6.45, 7) is 0. The van der Waals surface area contributed by atoms with Crippen molar-refractivity contribution in [1.82, 2.24) is 4.98 Å². The van der Waals surface area contributed by atoms with E-state index in [9.17, 15) is 13.2 Å². The Morgan fingerprint density at radius 3 is 2.52 bits per heavy atom. The van der Waals surface area contributed by atoms with Gasteiger partial charge >= 0.3 is 6.03 Å². The molecule has 130 valence electrons. The van der Waals surface area contributed by atoms with E-state index in [0.29, 0.717) is 16.9 Å². The quantitative estimate of drug-likeness (QED) is 0.568. The number of amides is 2. The van der Waals surface area contributed by atoms with Gasteiger partial charge in [-0.1, -0.05) is 33.3 Å². The van der Waals surface area contributed by atoms with Crippen LogP contribution >= 0.6 is 27.3 Å². The topological polar surface area (TPSA) is 100 Å². The second kappa shape index (κ2) is 6.98. The minimum Gasteiger partial charge on any atom is -0.308 e. The number of hydrogen-bond acceptors (Lipinski definition) is 5. The Morgan fingerprint density at radius 1 is 1.12 bits per heavy atom. The van der Waals surface area contributed by atoms with Crippen molar-refractivity contribution in [2.45, 2.75) is 0 Å². The van der Waals surface area contributed by atoms with E-state index in [1.165, 1.54) is 11.3 Å². The van der Waals surface area contributed by atoms with E-state index in [4.69, 9.17) is 0 Å². The number of halogens is 1. The maximum absolute atomic E-state index is 12.1. The monoisotopic (exact) mass is 440 g/mol. The smallest absolute Gasteiger partial charge is 0.308 e. The number of sulfonamides is 1. The summed E-state index contributed by atoms with van der Waals surface area (Å²) in [5, 5.41) is 5.75. The molecule has 2 amide bonds. The van der Waals surface area contributed by atoms with Gasteiger partial charge in [-0.3, -0.25) is 4.72 Å². The van der Waals surface area contributed by atoms with E-state index >= 15 is 0 Å². The maximum Gasteiger partial charge on any atom is 0.323 e. The molecule has 3 aromatic rings. The largest absolute Gasteiger partial charge is 0.323 e. The van der Waals surface area contributed by atoms with Crippen molar-refractivity contribution < 1.29 is 13.2 Å². The van der Waals surface area contributed by atoms with Gasteiger partial charge in [-0.25, -0.2) is 18.2 Å². The number of hydrogen-bond donors (Lipinski definition) is 3.